The molecule has 1 heterocycles. The van der Waals surface area contributed by atoms with Gasteiger partial charge in [-0.25, -0.2) is 0 Å². The van der Waals surface area contributed by atoms with Crippen LogP contribution in [0.4, 0.5) is 0 Å². The van der Waals surface area contributed by atoms with Gasteiger partial charge in [-0.15, -0.1) is 0 Å². The molecule has 0 bridgehead atoms. The number of hydrogen-bond acceptors (Lipinski definition) is 2. The Kier molecular flexibility index (Phi) is 5.83. The van der Waals surface area contributed by atoms with Gasteiger partial charge in [0.25, 0.3) is 0 Å². The highest BCUT2D eigenvalue weighted by molar-refractivity contribution is 5.28. The molecule has 1 atom stereocenters. The highest BCUT2D eigenvalue weighted by Crippen LogP contribution is 2.22. The Bertz CT molecular complexity index is 408. The fraction of sp³-hybridized carbons (Fsp3) is 0.684. The zero-order chi connectivity index (χ0) is 15.3. The van der Waals surface area contributed by atoms with E-state index < -0.39 is 0 Å². The first-order valence-electron chi connectivity index (χ1n) is 8.52. The number of likely N-dealkylation sites (tertiary alicyclic amines) is 1. The van der Waals surface area contributed by atoms with Crippen LogP contribution in [-0.2, 0) is 11.8 Å². The van der Waals surface area contributed by atoms with Crippen LogP contribution in [0.3, 0.4) is 0 Å². The number of nitrogens with two attached hydrogens (primary N) is 1. The molecule has 1 unspecified atom stereocenters. The van der Waals surface area contributed by atoms with Gasteiger partial charge in [-0.05, 0) is 48.9 Å². The molecule has 2 nitrogen and oxygen atoms in total. The van der Waals surface area contributed by atoms with Crippen LogP contribution in [0.25, 0.3) is 0 Å². The summed E-state index contributed by atoms with van der Waals surface area (Å²) in [5, 5.41) is 0. The molecule has 2 N–H and O–H groups in total. The van der Waals surface area contributed by atoms with E-state index in [2.05, 4.69) is 49.9 Å². The number of hydrogen-bond donors (Lipinski definition) is 1. The van der Waals surface area contributed by atoms with Crippen molar-refractivity contribution in [1.82, 2.24) is 4.90 Å². The van der Waals surface area contributed by atoms with Crippen molar-refractivity contribution in [1.29, 1.82) is 0 Å². The Morgan fingerprint density at radius 1 is 1.00 bits per heavy atom. The molecule has 1 aliphatic rings. The largest absolute Gasteiger partial charge is 0.326 e. The van der Waals surface area contributed by atoms with Crippen molar-refractivity contribution in [2.24, 2.45) is 5.73 Å². The van der Waals surface area contributed by atoms with Gasteiger partial charge in [0.15, 0.2) is 0 Å². The molecule has 0 amide bonds. The Morgan fingerprint density at radius 2 is 1.57 bits per heavy atom. The molecule has 0 spiro atoms. The van der Waals surface area contributed by atoms with Crippen LogP contribution in [0.5, 0.6) is 0 Å². The van der Waals surface area contributed by atoms with Crippen molar-refractivity contribution in [3.63, 3.8) is 0 Å². The van der Waals surface area contributed by atoms with Crippen molar-refractivity contribution < 1.29 is 0 Å². The van der Waals surface area contributed by atoms with Crippen LogP contribution < -0.4 is 5.73 Å². The molecule has 1 aromatic rings. The van der Waals surface area contributed by atoms with Crippen molar-refractivity contribution in [3.05, 3.63) is 35.4 Å². The average molecular weight is 288 g/mol. The molecule has 0 saturated carbocycles. The summed E-state index contributed by atoms with van der Waals surface area (Å²) in [4.78, 5) is 2.56. The second-order valence-electron chi connectivity index (χ2n) is 7.63. The lowest BCUT2D eigenvalue weighted by Gasteiger charge is -2.24. The summed E-state index contributed by atoms with van der Waals surface area (Å²) in [6.07, 6.45) is 6.45. The maximum absolute atomic E-state index is 6.37. The molecule has 1 aromatic carbocycles. The van der Waals surface area contributed by atoms with E-state index in [1.807, 2.05) is 0 Å². The summed E-state index contributed by atoms with van der Waals surface area (Å²) in [6.45, 7) is 10.3. The van der Waals surface area contributed by atoms with Gasteiger partial charge in [-0.3, -0.25) is 0 Å². The van der Waals surface area contributed by atoms with Crippen molar-refractivity contribution in [2.45, 2.75) is 64.3 Å². The summed E-state index contributed by atoms with van der Waals surface area (Å²) in [7, 11) is 0. The topological polar surface area (TPSA) is 29.3 Å². The SMILES string of the molecule is CC(C)(C)c1ccc(CC(N)CN2CCCCCC2)cc1. The third kappa shape index (κ3) is 5.44. The van der Waals surface area contributed by atoms with Crippen molar-refractivity contribution >= 4 is 0 Å². The van der Waals surface area contributed by atoms with Gasteiger partial charge in [0.05, 0.1) is 0 Å². The quantitative estimate of drug-likeness (QED) is 0.914. The highest BCUT2D eigenvalue weighted by Gasteiger charge is 2.15. The zero-order valence-corrected chi connectivity index (χ0v) is 14.1. The van der Waals surface area contributed by atoms with Gasteiger partial charge in [-0.2, -0.15) is 0 Å². The Hall–Kier alpha value is -0.860. The molecule has 21 heavy (non-hydrogen) atoms. The number of benzene rings is 1. The van der Waals surface area contributed by atoms with Crippen molar-refractivity contribution in [3.8, 4) is 0 Å². The smallest absolute Gasteiger partial charge is 0.0208 e. The first-order chi connectivity index (χ1) is 9.95. The van der Waals surface area contributed by atoms with E-state index >= 15 is 0 Å². The lowest BCUT2D eigenvalue weighted by atomic mass is 9.86. The minimum Gasteiger partial charge on any atom is -0.326 e. The first kappa shape index (κ1) is 16.5. The highest BCUT2D eigenvalue weighted by atomic mass is 15.1. The van der Waals surface area contributed by atoms with Crippen LogP contribution in [0.2, 0.25) is 0 Å². The van der Waals surface area contributed by atoms with E-state index in [4.69, 9.17) is 5.73 Å². The minimum atomic E-state index is 0.229. The Morgan fingerprint density at radius 3 is 2.10 bits per heavy atom. The van der Waals surface area contributed by atoms with E-state index in [-0.39, 0.29) is 11.5 Å². The van der Waals surface area contributed by atoms with Crippen LogP contribution in [-0.4, -0.2) is 30.6 Å². The molecular formula is C19H32N2. The Balaban J connectivity index is 1.85. The van der Waals surface area contributed by atoms with E-state index in [9.17, 15) is 0 Å². The molecule has 0 aliphatic carbocycles. The summed E-state index contributed by atoms with van der Waals surface area (Å²) in [5.41, 5.74) is 9.36. The normalized spacial score (nSPS) is 19.2. The van der Waals surface area contributed by atoms with Crippen LogP contribution in [0, 0.1) is 0 Å². The molecule has 118 valence electrons. The predicted octanol–water partition coefficient (Wildman–Crippen LogP) is 3.73. The molecule has 1 saturated heterocycles. The fourth-order valence-electron chi connectivity index (χ4n) is 3.16. The van der Waals surface area contributed by atoms with E-state index in [0.29, 0.717) is 0 Å². The molecule has 0 aromatic heterocycles. The summed E-state index contributed by atoms with van der Waals surface area (Å²) < 4.78 is 0. The van der Waals surface area contributed by atoms with Gasteiger partial charge in [-0.1, -0.05) is 57.9 Å². The van der Waals surface area contributed by atoms with Gasteiger partial charge < -0.3 is 10.6 Å². The summed E-state index contributed by atoms with van der Waals surface area (Å²) in [6, 6.07) is 9.27. The standard InChI is InChI=1S/C19H32N2/c1-19(2,3)17-10-8-16(9-11-17)14-18(20)15-21-12-6-4-5-7-13-21/h8-11,18H,4-7,12-15,20H2,1-3H3. The average Bonchev–Trinajstić information content (AvgIpc) is 2.67. The lowest BCUT2D eigenvalue weighted by molar-refractivity contribution is 0.266. The maximum Gasteiger partial charge on any atom is 0.0208 e. The number of nitrogens with zero attached hydrogens (tertiary/aromatic N) is 1. The van der Waals surface area contributed by atoms with Crippen LogP contribution in [0.1, 0.15) is 57.6 Å². The van der Waals surface area contributed by atoms with Gasteiger partial charge in [0.1, 0.15) is 0 Å². The van der Waals surface area contributed by atoms with E-state index in [0.717, 1.165) is 13.0 Å². The minimum absolute atomic E-state index is 0.229. The Labute approximate surface area is 130 Å². The molecule has 2 heteroatoms. The fourth-order valence-corrected chi connectivity index (χ4v) is 3.16. The van der Waals surface area contributed by atoms with Gasteiger partial charge in [0, 0.05) is 12.6 Å². The number of rotatable bonds is 4. The first-order valence-corrected chi connectivity index (χ1v) is 8.52. The monoisotopic (exact) mass is 288 g/mol. The van der Waals surface area contributed by atoms with Crippen LogP contribution >= 0.6 is 0 Å². The summed E-state index contributed by atoms with van der Waals surface area (Å²) >= 11 is 0. The van der Waals surface area contributed by atoms with Crippen LogP contribution in [0.15, 0.2) is 24.3 Å². The molecule has 1 fully saturated rings. The molecule has 1 aliphatic heterocycles. The second-order valence-corrected chi connectivity index (χ2v) is 7.63. The van der Waals surface area contributed by atoms with Gasteiger partial charge in [0.2, 0.25) is 0 Å². The molecule has 0 radical (unpaired) electrons. The predicted molar refractivity (Wildman–Crippen MR) is 91.7 cm³/mol. The van der Waals surface area contributed by atoms with Crippen molar-refractivity contribution in [2.75, 3.05) is 19.6 Å². The lowest BCUT2D eigenvalue weighted by Crippen LogP contribution is -2.39. The van der Waals surface area contributed by atoms with E-state index in [1.54, 1.807) is 0 Å². The molecule has 2 rings (SSSR count). The van der Waals surface area contributed by atoms with E-state index in [1.165, 1.54) is 49.9 Å². The second kappa shape index (κ2) is 7.42. The maximum atomic E-state index is 6.37. The zero-order valence-electron chi connectivity index (χ0n) is 14.1. The third-order valence-electron chi connectivity index (χ3n) is 4.51. The third-order valence-corrected chi connectivity index (χ3v) is 4.51. The molecular weight excluding hydrogens is 256 g/mol. The summed E-state index contributed by atoms with van der Waals surface area (Å²) in [5.74, 6) is 0. The van der Waals surface area contributed by atoms with Gasteiger partial charge >= 0.3 is 0 Å².